The van der Waals surface area contributed by atoms with Crippen molar-refractivity contribution in [1.29, 1.82) is 0 Å². The van der Waals surface area contributed by atoms with E-state index in [0.717, 1.165) is 44.0 Å². The number of hydrogen-bond donors (Lipinski definition) is 1. The van der Waals surface area contributed by atoms with Gasteiger partial charge in [0.05, 0.1) is 33.9 Å². The molecule has 1 amide bonds. The fourth-order valence-corrected chi connectivity index (χ4v) is 3.32. The van der Waals surface area contributed by atoms with Crippen molar-refractivity contribution in [2.45, 2.75) is 19.5 Å². The Morgan fingerprint density at radius 3 is 2.46 bits per heavy atom. The molecule has 0 radical (unpaired) electrons. The van der Waals surface area contributed by atoms with Crippen molar-refractivity contribution < 1.29 is 19.0 Å². The van der Waals surface area contributed by atoms with E-state index < -0.39 is 0 Å². The molecule has 2 aromatic rings. The molecule has 150 valence electrons. The fraction of sp³-hybridized carbons (Fsp3) is 0.409. The molecule has 0 spiro atoms. The summed E-state index contributed by atoms with van der Waals surface area (Å²) in [6, 6.07) is 13.8. The summed E-state index contributed by atoms with van der Waals surface area (Å²) in [4.78, 5) is 14.8. The smallest absolute Gasteiger partial charge is 0.224 e. The molecule has 2 aromatic carbocycles. The molecule has 28 heavy (non-hydrogen) atoms. The summed E-state index contributed by atoms with van der Waals surface area (Å²) < 4.78 is 16.0. The maximum Gasteiger partial charge on any atom is 0.224 e. The van der Waals surface area contributed by atoms with Crippen LogP contribution in [0.2, 0.25) is 0 Å². The monoisotopic (exact) mass is 384 g/mol. The van der Waals surface area contributed by atoms with Gasteiger partial charge in [-0.1, -0.05) is 30.3 Å². The van der Waals surface area contributed by atoms with Crippen molar-refractivity contribution in [2.24, 2.45) is 0 Å². The second-order valence-corrected chi connectivity index (χ2v) is 6.80. The number of carbonyl (C=O) groups excluding carboxylic acids is 1. The number of hydrogen-bond acceptors (Lipinski definition) is 5. The predicted octanol–water partition coefficient (Wildman–Crippen LogP) is 2.39. The van der Waals surface area contributed by atoms with Gasteiger partial charge in [-0.2, -0.15) is 0 Å². The lowest BCUT2D eigenvalue weighted by atomic mass is 10.1. The van der Waals surface area contributed by atoms with E-state index >= 15 is 0 Å². The molecule has 1 aliphatic heterocycles. The minimum Gasteiger partial charge on any atom is -0.493 e. The molecule has 0 atom stereocenters. The Labute approximate surface area is 166 Å². The Morgan fingerprint density at radius 2 is 1.75 bits per heavy atom. The summed E-state index contributed by atoms with van der Waals surface area (Å²) in [5.74, 6) is 1.26. The van der Waals surface area contributed by atoms with Gasteiger partial charge in [0.15, 0.2) is 11.5 Å². The highest BCUT2D eigenvalue weighted by Crippen LogP contribution is 2.27. The maximum absolute atomic E-state index is 12.4. The van der Waals surface area contributed by atoms with Gasteiger partial charge in [0.1, 0.15) is 0 Å². The third-order valence-electron chi connectivity index (χ3n) is 4.90. The number of benzene rings is 2. The summed E-state index contributed by atoms with van der Waals surface area (Å²) in [5.41, 5.74) is 3.28. The lowest BCUT2D eigenvalue weighted by Gasteiger charge is -2.27. The molecule has 1 fully saturated rings. The average molecular weight is 384 g/mol. The number of morpholine rings is 1. The molecule has 1 aliphatic rings. The Balaban J connectivity index is 1.57. The SMILES string of the molecule is COc1ccc(CC(=O)NCc2ccccc2CN2CCOCC2)cc1OC. The third kappa shape index (κ3) is 5.47. The van der Waals surface area contributed by atoms with Crippen molar-refractivity contribution in [3.8, 4) is 11.5 Å². The van der Waals surface area contributed by atoms with E-state index in [4.69, 9.17) is 14.2 Å². The third-order valence-corrected chi connectivity index (χ3v) is 4.90. The van der Waals surface area contributed by atoms with Crippen LogP contribution in [-0.2, 0) is 29.0 Å². The van der Waals surface area contributed by atoms with E-state index in [2.05, 4.69) is 22.3 Å². The zero-order valence-corrected chi connectivity index (χ0v) is 16.6. The molecule has 0 bridgehead atoms. The molecule has 3 rings (SSSR count). The van der Waals surface area contributed by atoms with E-state index in [9.17, 15) is 4.79 Å². The first-order chi connectivity index (χ1) is 13.7. The van der Waals surface area contributed by atoms with Gasteiger partial charge >= 0.3 is 0 Å². The Morgan fingerprint density at radius 1 is 1.04 bits per heavy atom. The quantitative estimate of drug-likeness (QED) is 0.757. The second kappa shape index (κ2) is 10.1. The highest BCUT2D eigenvalue weighted by molar-refractivity contribution is 5.78. The molecule has 0 saturated carbocycles. The van der Waals surface area contributed by atoms with Crippen molar-refractivity contribution in [1.82, 2.24) is 10.2 Å². The first kappa shape index (κ1) is 20.2. The topological polar surface area (TPSA) is 60.0 Å². The summed E-state index contributed by atoms with van der Waals surface area (Å²) in [6.45, 7) is 4.85. The number of rotatable bonds is 8. The summed E-state index contributed by atoms with van der Waals surface area (Å²) >= 11 is 0. The minimum atomic E-state index is -0.0200. The molecule has 6 heteroatoms. The van der Waals surface area contributed by atoms with Crippen LogP contribution < -0.4 is 14.8 Å². The first-order valence-electron chi connectivity index (χ1n) is 9.54. The van der Waals surface area contributed by atoms with Crippen LogP contribution >= 0.6 is 0 Å². The highest BCUT2D eigenvalue weighted by Gasteiger charge is 2.13. The maximum atomic E-state index is 12.4. The van der Waals surface area contributed by atoms with Gasteiger partial charge in [0.25, 0.3) is 0 Å². The summed E-state index contributed by atoms with van der Waals surface area (Å²) in [5, 5.41) is 3.04. The standard InChI is InChI=1S/C22H28N2O4/c1-26-20-8-7-17(13-21(20)27-2)14-22(25)23-15-18-5-3-4-6-19(18)16-24-9-11-28-12-10-24/h3-8,13H,9-12,14-16H2,1-2H3,(H,23,25). The van der Waals surface area contributed by atoms with Gasteiger partial charge < -0.3 is 19.5 Å². The van der Waals surface area contributed by atoms with Crippen molar-refractivity contribution in [3.05, 3.63) is 59.2 Å². The van der Waals surface area contributed by atoms with E-state index in [0.29, 0.717) is 24.5 Å². The first-order valence-corrected chi connectivity index (χ1v) is 9.54. The van der Waals surface area contributed by atoms with Crippen LogP contribution in [0.5, 0.6) is 11.5 Å². The van der Waals surface area contributed by atoms with Gasteiger partial charge in [-0.25, -0.2) is 0 Å². The largest absolute Gasteiger partial charge is 0.493 e. The number of methoxy groups -OCH3 is 2. The van der Waals surface area contributed by atoms with E-state index in [1.807, 2.05) is 30.3 Å². The lowest BCUT2D eigenvalue weighted by molar-refractivity contribution is -0.120. The Hall–Kier alpha value is -2.57. The number of amides is 1. The van der Waals surface area contributed by atoms with Crippen LogP contribution in [0.3, 0.4) is 0 Å². The summed E-state index contributed by atoms with van der Waals surface area (Å²) in [7, 11) is 3.19. The predicted molar refractivity (Wildman–Crippen MR) is 108 cm³/mol. The zero-order valence-electron chi connectivity index (χ0n) is 16.6. The van der Waals surface area contributed by atoms with E-state index in [-0.39, 0.29) is 5.91 Å². The zero-order chi connectivity index (χ0) is 19.8. The van der Waals surface area contributed by atoms with Crippen molar-refractivity contribution >= 4 is 5.91 Å². The normalized spacial score (nSPS) is 14.5. The summed E-state index contributed by atoms with van der Waals surface area (Å²) in [6.07, 6.45) is 0.298. The number of carbonyl (C=O) groups is 1. The van der Waals surface area contributed by atoms with Gasteiger partial charge in [-0.05, 0) is 28.8 Å². The molecule has 6 nitrogen and oxygen atoms in total. The van der Waals surface area contributed by atoms with Crippen LogP contribution in [-0.4, -0.2) is 51.3 Å². The van der Waals surface area contributed by atoms with Gasteiger partial charge in [-0.15, -0.1) is 0 Å². The van der Waals surface area contributed by atoms with Crippen LogP contribution in [0.1, 0.15) is 16.7 Å². The molecular weight excluding hydrogens is 356 g/mol. The van der Waals surface area contributed by atoms with E-state index in [1.165, 1.54) is 5.56 Å². The van der Waals surface area contributed by atoms with Crippen molar-refractivity contribution in [2.75, 3.05) is 40.5 Å². The molecule has 0 unspecified atom stereocenters. The van der Waals surface area contributed by atoms with Gasteiger partial charge in [-0.3, -0.25) is 9.69 Å². The number of ether oxygens (including phenoxy) is 3. The number of nitrogens with one attached hydrogen (secondary N) is 1. The number of nitrogens with zero attached hydrogens (tertiary/aromatic N) is 1. The average Bonchev–Trinajstić information content (AvgIpc) is 2.73. The highest BCUT2D eigenvalue weighted by atomic mass is 16.5. The van der Waals surface area contributed by atoms with Crippen molar-refractivity contribution in [3.63, 3.8) is 0 Å². The van der Waals surface area contributed by atoms with Crippen LogP contribution in [0.4, 0.5) is 0 Å². The second-order valence-electron chi connectivity index (χ2n) is 6.80. The van der Waals surface area contributed by atoms with E-state index in [1.54, 1.807) is 14.2 Å². The molecule has 1 heterocycles. The molecule has 0 aliphatic carbocycles. The van der Waals surface area contributed by atoms with Crippen LogP contribution in [0, 0.1) is 0 Å². The van der Waals surface area contributed by atoms with Gasteiger partial charge in [0, 0.05) is 26.2 Å². The van der Waals surface area contributed by atoms with Crippen LogP contribution in [0.15, 0.2) is 42.5 Å². The fourth-order valence-electron chi connectivity index (χ4n) is 3.32. The molecule has 1 saturated heterocycles. The van der Waals surface area contributed by atoms with Crippen LogP contribution in [0.25, 0.3) is 0 Å². The minimum absolute atomic E-state index is 0.0200. The molecular formula is C22H28N2O4. The lowest BCUT2D eigenvalue weighted by Crippen LogP contribution is -2.36. The van der Waals surface area contributed by atoms with Gasteiger partial charge in [0.2, 0.25) is 5.91 Å². The Bertz CT molecular complexity index is 788. The Kier molecular flexibility index (Phi) is 7.28. The molecule has 1 N–H and O–H groups in total. The molecule has 0 aromatic heterocycles.